The number of aromatic nitrogens is 2. The summed E-state index contributed by atoms with van der Waals surface area (Å²) in [5.41, 5.74) is 0.966. The van der Waals surface area contributed by atoms with E-state index in [1.165, 1.54) is 10.7 Å². The Balaban J connectivity index is 2.58. The summed E-state index contributed by atoms with van der Waals surface area (Å²) in [6.45, 7) is 0. The maximum atomic E-state index is 13.5. The molecule has 2 rings (SSSR count). The maximum absolute atomic E-state index is 13.5. The van der Waals surface area contributed by atoms with Crippen LogP contribution in [0.2, 0.25) is 5.15 Å². The lowest BCUT2D eigenvalue weighted by molar-refractivity contribution is 0.629. The van der Waals surface area contributed by atoms with Gasteiger partial charge in [0.25, 0.3) is 0 Å². The third-order valence-corrected chi connectivity index (χ3v) is 2.87. The molecule has 0 saturated heterocycles. The van der Waals surface area contributed by atoms with Gasteiger partial charge in [-0.15, -0.1) is 0 Å². The van der Waals surface area contributed by atoms with Crippen LogP contribution in [0.5, 0.6) is 0 Å². The number of rotatable bonds is 1. The topological polar surface area (TPSA) is 17.8 Å². The number of aryl methyl sites for hydroxylation is 1. The van der Waals surface area contributed by atoms with Crippen LogP contribution in [0, 0.1) is 5.82 Å². The van der Waals surface area contributed by atoms with Crippen molar-refractivity contribution in [3.8, 4) is 11.3 Å². The van der Waals surface area contributed by atoms with Gasteiger partial charge in [-0.2, -0.15) is 5.10 Å². The molecule has 0 aliphatic rings. The molecular formula is C10H7BrClFN2. The van der Waals surface area contributed by atoms with Crippen LogP contribution in [0.15, 0.2) is 28.7 Å². The van der Waals surface area contributed by atoms with Crippen molar-refractivity contribution in [3.05, 3.63) is 39.7 Å². The Kier molecular flexibility index (Phi) is 2.80. The highest BCUT2D eigenvalue weighted by atomic mass is 79.9. The molecule has 1 heterocycles. The molecule has 2 nitrogen and oxygen atoms in total. The number of nitrogens with zero attached hydrogens (tertiary/aromatic N) is 2. The quantitative estimate of drug-likeness (QED) is 0.783. The van der Waals surface area contributed by atoms with Gasteiger partial charge in [-0.25, -0.2) is 4.39 Å². The average molecular weight is 290 g/mol. The van der Waals surface area contributed by atoms with Gasteiger partial charge in [0.1, 0.15) is 11.0 Å². The zero-order valence-corrected chi connectivity index (χ0v) is 10.2. The molecule has 0 bridgehead atoms. The predicted molar refractivity (Wildman–Crippen MR) is 61.3 cm³/mol. The third-order valence-electron chi connectivity index (χ3n) is 2.03. The van der Waals surface area contributed by atoms with E-state index in [-0.39, 0.29) is 5.82 Å². The summed E-state index contributed by atoms with van der Waals surface area (Å²) in [5.74, 6) is -0.312. The minimum Gasteiger partial charge on any atom is -0.256 e. The van der Waals surface area contributed by atoms with Crippen LogP contribution in [0.1, 0.15) is 0 Å². The molecule has 1 aromatic heterocycles. The smallest absolute Gasteiger partial charge is 0.132 e. The Morgan fingerprint density at radius 2 is 2.13 bits per heavy atom. The van der Waals surface area contributed by atoms with E-state index in [1.54, 1.807) is 25.2 Å². The molecule has 0 spiro atoms. The fourth-order valence-electron chi connectivity index (χ4n) is 1.27. The van der Waals surface area contributed by atoms with Crippen molar-refractivity contribution in [1.29, 1.82) is 0 Å². The summed E-state index contributed by atoms with van der Waals surface area (Å²) in [7, 11) is 1.71. The van der Waals surface area contributed by atoms with Crippen molar-refractivity contribution in [2.24, 2.45) is 7.05 Å². The van der Waals surface area contributed by atoms with Crippen molar-refractivity contribution in [3.63, 3.8) is 0 Å². The van der Waals surface area contributed by atoms with Gasteiger partial charge in [0, 0.05) is 23.2 Å². The zero-order valence-electron chi connectivity index (χ0n) is 7.84. The van der Waals surface area contributed by atoms with E-state index in [0.717, 1.165) is 4.47 Å². The van der Waals surface area contributed by atoms with Crippen molar-refractivity contribution in [2.75, 3.05) is 0 Å². The molecule has 2 aromatic rings. The molecule has 0 radical (unpaired) electrons. The molecule has 0 N–H and O–H groups in total. The Morgan fingerprint density at radius 3 is 2.73 bits per heavy atom. The lowest BCUT2D eigenvalue weighted by Gasteiger charge is -1.99. The van der Waals surface area contributed by atoms with Crippen molar-refractivity contribution in [1.82, 2.24) is 9.78 Å². The van der Waals surface area contributed by atoms with E-state index in [4.69, 9.17) is 11.6 Å². The molecule has 1 aromatic carbocycles. The molecule has 0 aliphatic heterocycles. The minimum atomic E-state index is -0.312. The summed E-state index contributed by atoms with van der Waals surface area (Å²) in [6.07, 6.45) is 0. The van der Waals surface area contributed by atoms with E-state index in [1.807, 2.05) is 0 Å². The van der Waals surface area contributed by atoms with E-state index in [9.17, 15) is 4.39 Å². The SMILES string of the molecule is Cn1nc(-c2cc(Br)ccc2F)cc1Cl. The van der Waals surface area contributed by atoms with Gasteiger partial charge >= 0.3 is 0 Å². The number of hydrogen-bond acceptors (Lipinski definition) is 1. The van der Waals surface area contributed by atoms with Crippen LogP contribution in [0.25, 0.3) is 11.3 Å². The highest BCUT2D eigenvalue weighted by Gasteiger charge is 2.10. The van der Waals surface area contributed by atoms with Gasteiger partial charge in [-0.3, -0.25) is 4.68 Å². The van der Waals surface area contributed by atoms with Crippen LogP contribution in [0.3, 0.4) is 0 Å². The van der Waals surface area contributed by atoms with Crippen molar-refractivity contribution < 1.29 is 4.39 Å². The zero-order chi connectivity index (χ0) is 11.0. The van der Waals surface area contributed by atoms with Gasteiger partial charge in [-0.05, 0) is 18.2 Å². The maximum Gasteiger partial charge on any atom is 0.132 e. The van der Waals surface area contributed by atoms with Crippen molar-refractivity contribution in [2.45, 2.75) is 0 Å². The average Bonchev–Trinajstić information content (AvgIpc) is 2.51. The third kappa shape index (κ3) is 2.06. The monoisotopic (exact) mass is 288 g/mol. The minimum absolute atomic E-state index is 0.312. The van der Waals surface area contributed by atoms with E-state index in [0.29, 0.717) is 16.4 Å². The molecule has 0 unspecified atom stereocenters. The molecule has 0 saturated carbocycles. The first-order valence-corrected chi connectivity index (χ1v) is 5.40. The highest BCUT2D eigenvalue weighted by Crippen LogP contribution is 2.26. The summed E-state index contributed by atoms with van der Waals surface area (Å²) in [5, 5.41) is 4.58. The molecule has 15 heavy (non-hydrogen) atoms. The van der Waals surface area contributed by atoms with Crippen LogP contribution in [-0.2, 0) is 7.05 Å². The summed E-state index contributed by atoms with van der Waals surface area (Å²) in [4.78, 5) is 0. The van der Waals surface area contributed by atoms with Crippen molar-refractivity contribution >= 4 is 27.5 Å². The lowest BCUT2D eigenvalue weighted by Crippen LogP contribution is -1.91. The fourth-order valence-corrected chi connectivity index (χ4v) is 1.77. The van der Waals surface area contributed by atoms with Crippen LogP contribution < -0.4 is 0 Å². The Morgan fingerprint density at radius 1 is 1.40 bits per heavy atom. The standard InChI is InChI=1S/C10H7BrClFN2/c1-15-10(12)5-9(14-15)7-4-6(11)2-3-8(7)13/h2-5H,1H3. The molecule has 78 valence electrons. The van der Waals surface area contributed by atoms with E-state index < -0.39 is 0 Å². The first-order chi connectivity index (χ1) is 7.08. The highest BCUT2D eigenvalue weighted by molar-refractivity contribution is 9.10. The molecular weight excluding hydrogens is 282 g/mol. The van der Waals surface area contributed by atoms with Gasteiger partial charge < -0.3 is 0 Å². The van der Waals surface area contributed by atoms with Crippen LogP contribution in [-0.4, -0.2) is 9.78 Å². The lowest BCUT2D eigenvalue weighted by atomic mass is 10.1. The number of hydrogen-bond donors (Lipinski definition) is 0. The first kappa shape index (κ1) is 10.6. The second kappa shape index (κ2) is 3.94. The molecule has 0 aliphatic carbocycles. The summed E-state index contributed by atoms with van der Waals surface area (Å²) >= 11 is 9.12. The fraction of sp³-hybridized carbons (Fsp3) is 0.100. The normalized spacial score (nSPS) is 10.7. The van der Waals surface area contributed by atoms with Gasteiger partial charge in [0.15, 0.2) is 0 Å². The first-order valence-electron chi connectivity index (χ1n) is 4.23. The second-order valence-electron chi connectivity index (χ2n) is 3.10. The van der Waals surface area contributed by atoms with Crippen LogP contribution in [0.4, 0.5) is 4.39 Å². The van der Waals surface area contributed by atoms with Gasteiger partial charge in [0.05, 0.1) is 5.69 Å². The predicted octanol–water partition coefficient (Wildman–Crippen LogP) is 3.64. The Labute approximate surface area is 99.8 Å². The van der Waals surface area contributed by atoms with Gasteiger partial charge in [-0.1, -0.05) is 27.5 Å². The van der Waals surface area contributed by atoms with Crippen LogP contribution >= 0.6 is 27.5 Å². The van der Waals surface area contributed by atoms with E-state index >= 15 is 0 Å². The molecule has 0 fully saturated rings. The summed E-state index contributed by atoms with van der Waals surface area (Å²) < 4.78 is 15.8. The molecule has 5 heteroatoms. The van der Waals surface area contributed by atoms with Gasteiger partial charge in [0.2, 0.25) is 0 Å². The summed E-state index contributed by atoms with van der Waals surface area (Å²) in [6, 6.07) is 6.34. The largest absolute Gasteiger partial charge is 0.256 e. The second-order valence-corrected chi connectivity index (χ2v) is 4.40. The Bertz CT molecular complexity index is 491. The number of halogens is 3. The Hall–Kier alpha value is -0.870. The molecule has 0 amide bonds. The van der Waals surface area contributed by atoms with E-state index in [2.05, 4.69) is 21.0 Å². The number of benzene rings is 1. The molecule has 0 atom stereocenters.